The van der Waals surface area contributed by atoms with Crippen molar-refractivity contribution in [2.45, 2.75) is 19.3 Å². The summed E-state index contributed by atoms with van der Waals surface area (Å²) >= 11 is 1.43. The number of fused-ring (bicyclic) bond motifs is 2. The molecule has 0 aliphatic carbocycles. The van der Waals surface area contributed by atoms with Gasteiger partial charge in [-0.2, -0.15) is 0 Å². The molecule has 2 N–H and O–H groups in total. The molecule has 6 rings (SSSR count). The first-order chi connectivity index (χ1) is 19.5. The Morgan fingerprint density at radius 2 is 1.88 bits per heavy atom. The first kappa shape index (κ1) is 25.4. The molecule has 10 heteroatoms. The molecule has 40 heavy (non-hydrogen) atoms. The molecule has 0 bridgehead atoms. The lowest BCUT2D eigenvalue weighted by Crippen LogP contribution is -2.38. The lowest BCUT2D eigenvalue weighted by atomic mass is 9.98. The average Bonchev–Trinajstić information content (AvgIpc) is 3.39. The van der Waals surface area contributed by atoms with E-state index in [1.54, 1.807) is 29.4 Å². The van der Waals surface area contributed by atoms with E-state index in [4.69, 9.17) is 4.74 Å². The smallest absolute Gasteiger partial charge is 0.358 e. The number of ether oxygens (including phenoxy) is 1. The van der Waals surface area contributed by atoms with Gasteiger partial charge in [-0.1, -0.05) is 35.6 Å². The fraction of sp³-hybridized carbons (Fsp3) is 0.167. The first-order valence-corrected chi connectivity index (χ1v) is 13.7. The Kier molecular flexibility index (Phi) is 7.07. The number of amides is 2. The van der Waals surface area contributed by atoms with Crippen LogP contribution in [0.4, 0.5) is 15.6 Å². The van der Waals surface area contributed by atoms with Gasteiger partial charge in [-0.25, -0.2) is 19.6 Å². The summed E-state index contributed by atoms with van der Waals surface area (Å²) in [5.74, 6) is -0.962. The van der Waals surface area contributed by atoms with Crippen molar-refractivity contribution in [1.29, 1.82) is 0 Å². The summed E-state index contributed by atoms with van der Waals surface area (Å²) in [5.41, 5.74) is 4.75. The molecule has 9 nitrogen and oxygen atoms in total. The molecule has 0 saturated heterocycles. The molecule has 200 valence electrons. The molecule has 1 aliphatic rings. The Hall–Kier alpha value is -4.83. The number of para-hydroxylation sites is 1. The Morgan fingerprint density at radius 1 is 1.02 bits per heavy atom. The summed E-state index contributed by atoms with van der Waals surface area (Å²) < 4.78 is 6.78. The quantitative estimate of drug-likeness (QED) is 0.253. The summed E-state index contributed by atoms with van der Waals surface area (Å²) in [7, 11) is 0. The number of rotatable bonds is 7. The minimum Gasteiger partial charge on any atom is -0.491 e. The first-order valence-electron chi connectivity index (χ1n) is 12.9. The van der Waals surface area contributed by atoms with Crippen molar-refractivity contribution in [3.63, 3.8) is 0 Å². The second-order valence-corrected chi connectivity index (χ2v) is 10.3. The standard InChI is InChI=1S/C30H25N5O4S/c36-28(37)27-25(39-17-13-19-11-14-31-15-12-19)10-9-22(32-27)21-8-7-20-4-3-16-35(24(20)18-21)30(38)34-29-33-23-5-1-2-6-26(23)40-29/h1-2,5-12,14-15,18H,3-4,13,16-17H2,(H,36,37)(H,33,34,38). The molecule has 0 spiro atoms. The number of pyridine rings is 2. The van der Waals surface area contributed by atoms with E-state index in [0.717, 1.165) is 39.9 Å². The number of hydrogen-bond acceptors (Lipinski definition) is 7. The van der Waals surface area contributed by atoms with Crippen molar-refractivity contribution in [2.75, 3.05) is 23.4 Å². The zero-order valence-corrected chi connectivity index (χ0v) is 22.2. The van der Waals surface area contributed by atoms with E-state index in [2.05, 4.69) is 20.3 Å². The van der Waals surface area contributed by atoms with Crippen LogP contribution in [0.1, 0.15) is 28.0 Å². The molecular formula is C30H25N5O4S. The Labute approximate surface area is 234 Å². The van der Waals surface area contributed by atoms with Crippen molar-refractivity contribution in [3.05, 3.63) is 95.9 Å². The molecule has 5 aromatic rings. The van der Waals surface area contributed by atoms with Crippen LogP contribution in [0, 0.1) is 0 Å². The van der Waals surface area contributed by atoms with E-state index in [1.807, 2.05) is 54.6 Å². The topological polar surface area (TPSA) is 118 Å². The molecule has 0 fully saturated rings. The number of aromatic nitrogens is 3. The van der Waals surface area contributed by atoms with Gasteiger partial charge in [-0.05, 0) is 66.4 Å². The van der Waals surface area contributed by atoms with E-state index < -0.39 is 5.97 Å². The minimum absolute atomic E-state index is 0.157. The van der Waals surface area contributed by atoms with Gasteiger partial charge < -0.3 is 9.84 Å². The van der Waals surface area contributed by atoms with Crippen molar-refractivity contribution in [3.8, 4) is 17.0 Å². The number of benzene rings is 2. The summed E-state index contributed by atoms with van der Waals surface area (Å²) in [5, 5.41) is 13.3. The van der Waals surface area contributed by atoms with Gasteiger partial charge in [-0.3, -0.25) is 15.2 Å². The van der Waals surface area contributed by atoms with E-state index >= 15 is 0 Å². The third-order valence-corrected chi connectivity index (χ3v) is 7.66. The molecule has 0 unspecified atom stereocenters. The predicted octanol–water partition coefficient (Wildman–Crippen LogP) is 6.06. The number of thiazole rings is 1. The molecule has 0 saturated carbocycles. The molecular weight excluding hydrogens is 526 g/mol. The second kappa shape index (κ2) is 11.1. The van der Waals surface area contributed by atoms with Gasteiger partial charge >= 0.3 is 12.0 Å². The monoisotopic (exact) mass is 551 g/mol. The highest BCUT2D eigenvalue weighted by atomic mass is 32.1. The number of carbonyl (C=O) groups excluding carboxylic acids is 1. The molecule has 3 aromatic heterocycles. The Balaban J connectivity index is 1.23. The second-order valence-electron chi connectivity index (χ2n) is 9.32. The van der Waals surface area contributed by atoms with Crippen molar-refractivity contribution in [1.82, 2.24) is 15.0 Å². The third-order valence-electron chi connectivity index (χ3n) is 6.71. The van der Waals surface area contributed by atoms with Gasteiger partial charge in [0.2, 0.25) is 0 Å². The summed E-state index contributed by atoms with van der Waals surface area (Å²) in [4.78, 5) is 40.0. The van der Waals surface area contributed by atoms with Crippen LogP contribution in [0.3, 0.4) is 0 Å². The third kappa shape index (κ3) is 5.34. The van der Waals surface area contributed by atoms with Crippen LogP contribution < -0.4 is 15.0 Å². The van der Waals surface area contributed by atoms with Crippen LogP contribution in [0.5, 0.6) is 5.75 Å². The minimum atomic E-state index is -1.17. The maximum Gasteiger partial charge on any atom is 0.358 e. The van der Waals surface area contributed by atoms with E-state index in [0.29, 0.717) is 36.0 Å². The maximum atomic E-state index is 13.3. The normalized spacial score (nSPS) is 12.7. The number of urea groups is 1. The molecule has 2 amide bonds. The molecule has 1 aliphatic heterocycles. The molecule has 4 heterocycles. The Morgan fingerprint density at radius 3 is 2.70 bits per heavy atom. The van der Waals surface area contributed by atoms with E-state index in [1.165, 1.54) is 11.3 Å². The predicted molar refractivity (Wildman–Crippen MR) is 154 cm³/mol. The Bertz CT molecular complexity index is 1670. The largest absolute Gasteiger partial charge is 0.491 e. The average molecular weight is 552 g/mol. The lowest BCUT2D eigenvalue weighted by molar-refractivity contribution is 0.0685. The number of anilines is 2. The van der Waals surface area contributed by atoms with Crippen molar-refractivity contribution >= 4 is 44.4 Å². The summed E-state index contributed by atoms with van der Waals surface area (Å²) in [6.45, 7) is 0.869. The van der Waals surface area contributed by atoms with Gasteiger partial charge in [0.15, 0.2) is 16.6 Å². The number of aromatic carboxylic acids is 1. The summed E-state index contributed by atoms with van der Waals surface area (Å²) in [6, 6.07) is 20.4. The van der Waals surface area contributed by atoms with Gasteiger partial charge in [-0.15, -0.1) is 0 Å². The number of hydrogen-bond donors (Lipinski definition) is 2. The zero-order chi connectivity index (χ0) is 27.5. The number of aryl methyl sites for hydroxylation is 1. The fourth-order valence-electron chi connectivity index (χ4n) is 4.73. The van der Waals surface area contributed by atoms with Crippen LogP contribution in [0.25, 0.3) is 21.5 Å². The van der Waals surface area contributed by atoms with E-state index in [9.17, 15) is 14.7 Å². The number of nitrogens with zero attached hydrogens (tertiary/aromatic N) is 4. The lowest BCUT2D eigenvalue weighted by Gasteiger charge is -2.29. The van der Waals surface area contributed by atoms with Gasteiger partial charge in [0.05, 0.1) is 22.5 Å². The fourth-order valence-corrected chi connectivity index (χ4v) is 5.59. The highest BCUT2D eigenvalue weighted by molar-refractivity contribution is 7.22. The number of nitrogens with one attached hydrogen (secondary N) is 1. The van der Waals surface area contributed by atoms with Crippen LogP contribution in [0.2, 0.25) is 0 Å². The van der Waals surface area contributed by atoms with Gasteiger partial charge in [0.1, 0.15) is 0 Å². The van der Waals surface area contributed by atoms with Crippen LogP contribution in [-0.2, 0) is 12.8 Å². The number of carboxylic acids is 1. The van der Waals surface area contributed by atoms with Crippen LogP contribution in [-0.4, -0.2) is 45.2 Å². The van der Waals surface area contributed by atoms with Crippen LogP contribution in [0.15, 0.2) is 79.1 Å². The van der Waals surface area contributed by atoms with Crippen molar-refractivity contribution < 1.29 is 19.4 Å². The number of carboxylic acid groups (broad SMARTS) is 1. The summed E-state index contributed by atoms with van der Waals surface area (Å²) in [6.07, 6.45) is 5.71. The van der Waals surface area contributed by atoms with Crippen LogP contribution >= 0.6 is 11.3 Å². The SMILES string of the molecule is O=C(O)c1nc(-c2ccc3c(c2)N(C(=O)Nc2nc4ccccc4s2)CCC3)ccc1OCCc1ccncc1. The van der Waals surface area contributed by atoms with Crippen molar-refractivity contribution in [2.24, 2.45) is 0 Å². The van der Waals surface area contributed by atoms with Gasteiger partial charge in [0.25, 0.3) is 0 Å². The highest BCUT2D eigenvalue weighted by Crippen LogP contribution is 2.34. The van der Waals surface area contributed by atoms with E-state index in [-0.39, 0.29) is 17.5 Å². The number of carbonyl (C=O) groups is 2. The molecule has 2 aromatic carbocycles. The van der Waals surface area contributed by atoms with Gasteiger partial charge in [0, 0.05) is 36.6 Å². The maximum absolute atomic E-state index is 13.3. The molecule has 0 radical (unpaired) electrons. The molecule has 0 atom stereocenters. The highest BCUT2D eigenvalue weighted by Gasteiger charge is 2.25. The zero-order valence-electron chi connectivity index (χ0n) is 21.4.